The lowest BCUT2D eigenvalue weighted by atomic mass is 10.3. The molecule has 0 saturated heterocycles. The summed E-state index contributed by atoms with van der Waals surface area (Å²) in [5, 5.41) is 16.6. The molecule has 3 N–H and O–H groups in total. The summed E-state index contributed by atoms with van der Waals surface area (Å²) in [6, 6.07) is 18.4. The molecule has 0 saturated carbocycles. The molecule has 4 aromatic heterocycles. The molecular weight excluding hydrogens is 476 g/mol. The van der Waals surface area contributed by atoms with Gasteiger partial charge in [-0.05, 0) is 41.5 Å². The molecule has 184 valence electrons. The van der Waals surface area contributed by atoms with Crippen molar-refractivity contribution in [2.24, 2.45) is 7.05 Å². The van der Waals surface area contributed by atoms with Crippen LogP contribution in [0.1, 0.15) is 5.69 Å². The van der Waals surface area contributed by atoms with E-state index in [9.17, 15) is 9.59 Å². The fraction of sp³-hybridized carbons (Fsp3) is 0.0833. The Kier molecular flexibility index (Phi) is 5.14. The molecule has 13 heteroatoms. The molecule has 2 aromatic carbocycles. The van der Waals surface area contributed by atoms with E-state index < -0.39 is 0 Å². The van der Waals surface area contributed by atoms with Crippen LogP contribution in [0.5, 0.6) is 0 Å². The third kappa shape index (κ3) is 3.83. The number of fused-ring (bicyclic) bond motifs is 1. The van der Waals surface area contributed by atoms with Gasteiger partial charge in [0.1, 0.15) is 11.4 Å². The number of aromatic amines is 1. The van der Waals surface area contributed by atoms with E-state index in [0.717, 1.165) is 0 Å². The van der Waals surface area contributed by atoms with Gasteiger partial charge in [-0.1, -0.05) is 36.4 Å². The fourth-order valence-electron chi connectivity index (χ4n) is 4.02. The maximum Gasteiger partial charge on any atom is 0.295 e. The summed E-state index contributed by atoms with van der Waals surface area (Å²) in [6.45, 7) is 1.76. The number of aromatic nitrogens is 8. The average Bonchev–Trinajstić information content (AvgIpc) is 3.56. The summed E-state index contributed by atoms with van der Waals surface area (Å²) in [5.74, 6) is 0.328. The number of hydrogen-bond donors (Lipinski definition) is 3. The van der Waals surface area contributed by atoms with Gasteiger partial charge < -0.3 is 10.6 Å². The molecule has 6 aromatic rings. The van der Waals surface area contributed by atoms with Crippen molar-refractivity contribution < 1.29 is 4.63 Å². The van der Waals surface area contributed by atoms with Crippen molar-refractivity contribution in [1.82, 2.24) is 39.4 Å². The topological polar surface area (TPSA) is 153 Å². The molecular formula is C24H20N10O3. The largest absolute Gasteiger partial charge is 0.331 e. The van der Waals surface area contributed by atoms with Crippen LogP contribution in [0, 0.1) is 6.92 Å². The predicted octanol–water partition coefficient (Wildman–Crippen LogP) is 2.78. The first-order valence-corrected chi connectivity index (χ1v) is 11.2. The molecule has 0 amide bonds. The fourth-order valence-corrected chi connectivity index (χ4v) is 4.02. The van der Waals surface area contributed by atoms with Crippen molar-refractivity contribution in [2.45, 2.75) is 6.92 Å². The van der Waals surface area contributed by atoms with Crippen LogP contribution in [0.15, 0.2) is 81.1 Å². The van der Waals surface area contributed by atoms with Gasteiger partial charge in [0.15, 0.2) is 11.6 Å². The van der Waals surface area contributed by atoms with Crippen LogP contribution in [0.25, 0.3) is 22.7 Å². The van der Waals surface area contributed by atoms with Crippen LogP contribution in [0.2, 0.25) is 0 Å². The molecule has 0 unspecified atom stereocenters. The summed E-state index contributed by atoms with van der Waals surface area (Å²) in [4.78, 5) is 35.3. The Bertz CT molecular complexity index is 1850. The summed E-state index contributed by atoms with van der Waals surface area (Å²) in [7, 11) is 1.75. The summed E-state index contributed by atoms with van der Waals surface area (Å²) in [6.07, 6.45) is 1.63. The minimum Gasteiger partial charge on any atom is -0.331 e. The van der Waals surface area contributed by atoms with E-state index in [4.69, 9.17) is 4.63 Å². The van der Waals surface area contributed by atoms with Gasteiger partial charge in [-0.2, -0.15) is 0 Å². The lowest BCUT2D eigenvalue weighted by Gasteiger charge is -2.09. The van der Waals surface area contributed by atoms with Crippen molar-refractivity contribution in [3.63, 3.8) is 0 Å². The van der Waals surface area contributed by atoms with Gasteiger partial charge in [0.25, 0.3) is 11.1 Å². The number of aryl methyl sites for hydroxylation is 2. The van der Waals surface area contributed by atoms with E-state index in [1.807, 2.05) is 60.7 Å². The number of anilines is 4. The van der Waals surface area contributed by atoms with Gasteiger partial charge in [-0.25, -0.2) is 24.0 Å². The Hall–Kier alpha value is -5.46. The predicted molar refractivity (Wildman–Crippen MR) is 136 cm³/mol. The van der Waals surface area contributed by atoms with Crippen LogP contribution < -0.4 is 21.8 Å². The number of nitrogens with one attached hydrogen (secondary N) is 3. The minimum atomic E-state index is -0.319. The third-order valence-corrected chi connectivity index (χ3v) is 5.75. The highest BCUT2D eigenvalue weighted by atomic mass is 16.6. The molecule has 0 radical (unpaired) electrons. The number of hydrogen-bond acceptors (Lipinski definition) is 9. The highest BCUT2D eigenvalue weighted by Gasteiger charge is 2.20. The average molecular weight is 496 g/mol. The Balaban J connectivity index is 1.42. The molecule has 0 aliphatic rings. The van der Waals surface area contributed by atoms with E-state index in [0.29, 0.717) is 17.1 Å². The summed E-state index contributed by atoms with van der Waals surface area (Å²) in [5.41, 5.74) is 2.11. The van der Waals surface area contributed by atoms with Crippen molar-refractivity contribution in [1.29, 1.82) is 0 Å². The van der Waals surface area contributed by atoms with Crippen molar-refractivity contribution in [2.75, 3.05) is 10.6 Å². The van der Waals surface area contributed by atoms with Crippen LogP contribution in [0.3, 0.4) is 0 Å². The molecule has 0 bridgehead atoms. The second kappa shape index (κ2) is 8.64. The smallest absolute Gasteiger partial charge is 0.295 e. The number of nitrogens with zero attached hydrogens (tertiary/aromatic N) is 7. The maximum absolute atomic E-state index is 13.3. The summed E-state index contributed by atoms with van der Waals surface area (Å²) >= 11 is 0. The van der Waals surface area contributed by atoms with Gasteiger partial charge in [0.2, 0.25) is 11.3 Å². The second-order valence-corrected chi connectivity index (χ2v) is 8.24. The second-order valence-electron chi connectivity index (χ2n) is 8.24. The minimum absolute atomic E-state index is 0.138. The number of para-hydroxylation sites is 2. The highest BCUT2D eigenvalue weighted by molar-refractivity contribution is 5.79. The molecule has 4 heterocycles. The van der Waals surface area contributed by atoms with Gasteiger partial charge in [0, 0.05) is 7.05 Å². The van der Waals surface area contributed by atoms with Crippen LogP contribution >= 0.6 is 0 Å². The van der Waals surface area contributed by atoms with Crippen LogP contribution in [-0.4, -0.2) is 39.4 Å². The van der Waals surface area contributed by atoms with E-state index in [-0.39, 0.29) is 45.4 Å². The van der Waals surface area contributed by atoms with Gasteiger partial charge in [-0.3, -0.25) is 19.4 Å². The van der Waals surface area contributed by atoms with Crippen LogP contribution in [0.4, 0.5) is 23.0 Å². The van der Waals surface area contributed by atoms with E-state index in [1.165, 1.54) is 9.36 Å². The van der Waals surface area contributed by atoms with Gasteiger partial charge in [0.05, 0.1) is 23.3 Å². The van der Waals surface area contributed by atoms with E-state index in [1.54, 1.807) is 24.9 Å². The third-order valence-electron chi connectivity index (χ3n) is 5.75. The highest BCUT2D eigenvalue weighted by Crippen LogP contribution is 2.26. The SMILES string of the molecule is Cc1[nH]n(-c2ccccc2)c(=O)c1Nc1nc2nonc2nc1Nc1cn(C)n(-c2ccccc2)c1=O. The zero-order valence-corrected chi connectivity index (χ0v) is 19.7. The Morgan fingerprint density at radius 2 is 1.41 bits per heavy atom. The first kappa shape index (κ1) is 22.0. The lowest BCUT2D eigenvalue weighted by molar-refractivity contribution is 0.314. The van der Waals surface area contributed by atoms with Crippen molar-refractivity contribution >= 4 is 34.3 Å². The lowest BCUT2D eigenvalue weighted by Crippen LogP contribution is -2.20. The number of rotatable bonds is 6. The molecule has 0 aliphatic carbocycles. The van der Waals surface area contributed by atoms with Crippen molar-refractivity contribution in [3.05, 3.63) is 93.3 Å². The van der Waals surface area contributed by atoms with E-state index >= 15 is 0 Å². The normalized spacial score (nSPS) is 11.2. The molecule has 0 atom stereocenters. The molecule has 13 nitrogen and oxygen atoms in total. The summed E-state index contributed by atoms with van der Waals surface area (Å²) < 4.78 is 9.35. The molecule has 0 fully saturated rings. The standard InChI is InChI=1S/C24H20N10O3/c1-14-18(24(36)33(29-14)15-9-5-3-6-10-15)26-20-19(27-21-22(28-20)31-37-30-21)25-17-13-32(2)34(23(17)35)16-11-7-4-8-12-16/h3-13,29H,1-2H3,(H,25,27,30)(H,26,28,31). The van der Waals surface area contributed by atoms with Gasteiger partial charge >= 0.3 is 0 Å². The molecule has 6 rings (SSSR count). The Morgan fingerprint density at radius 3 is 2.05 bits per heavy atom. The molecule has 0 spiro atoms. The Labute approximate surface area is 207 Å². The quantitative estimate of drug-likeness (QED) is 0.316. The molecule has 0 aliphatic heterocycles. The Morgan fingerprint density at radius 1 is 0.811 bits per heavy atom. The first-order valence-electron chi connectivity index (χ1n) is 11.2. The zero-order chi connectivity index (χ0) is 25.5. The van der Waals surface area contributed by atoms with E-state index in [2.05, 4.69) is 36.0 Å². The van der Waals surface area contributed by atoms with Crippen molar-refractivity contribution in [3.8, 4) is 11.4 Å². The van der Waals surface area contributed by atoms with Crippen LogP contribution in [-0.2, 0) is 7.05 Å². The monoisotopic (exact) mass is 496 g/mol. The zero-order valence-electron chi connectivity index (χ0n) is 19.7. The van der Waals surface area contributed by atoms with Gasteiger partial charge in [-0.15, -0.1) is 0 Å². The number of benzene rings is 2. The first-order chi connectivity index (χ1) is 18.0. The maximum atomic E-state index is 13.3. The number of H-pyrrole nitrogens is 1. The molecule has 37 heavy (non-hydrogen) atoms.